The first-order valence-corrected chi connectivity index (χ1v) is 5.20. The van der Waals surface area contributed by atoms with Crippen molar-refractivity contribution in [3.8, 4) is 10.6 Å². The van der Waals surface area contributed by atoms with Crippen LogP contribution in [0.2, 0.25) is 5.15 Å². The van der Waals surface area contributed by atoms with Gasteiger partial charge in [-0.2, -0.15) is 0 Å². The minimum absolute atomic E-state index is 0.547. The van der Waals surface area contributed by atoms with Gasteiger partial charge in [0.05, 0.1) is 10.6 Å². The first-order chi connectivity index (χ1) is 6.27. The van der Waals surface area contributed by atoms with Gasteiger partial charge in [-0.25, -0.2) is 4.98 Å². The lowest BCUT2D eigenvalue weighted by Crippen LogP contribution is -1.81. The normalized spacial score (nSPS) is 10.3. The lowest BCUT2D eigenvalue weighted by atomic mass is 10.2. The first-order valence-electron chi connectivity index (χ1n) is 3.94. The summed E-state index contributed by atoms with van der Waals surface area (Å²) in [6.45, 7) is 2.08. The molecule has 0 N–H and O–H groups in total. The highest BCUT2D eigenvalue weighted by Gasteiger charge is 2.04. The smallest absolute Gasteiger partial charge is 0.129 e. The largest absolute Gasteiger partial charge is 0.235 e. The van der Waals surface area contributed by atoms with E-state index in [0.717, 1.165) is 5.69 Å². The van der Waals surface area contributed by atoms with Crippen LogP contribution in [0.3, 0.4) is 0 Å². The summed E-state index contributed by atoms with van der Waals surface area (Å²) in [5.74, 6) is 0. The van der Waals surface area contributed by atoms with Gasteiger partial charge in [0.2, 0.25) is 0 Å². The monoisotopic (exact) mass is 209 g/mol. The van der Waals surface area contributed by atoms with Gasteiger partial charge in [-0.1, -0.05) is 17.7 Å². The van der Waals surface area contributed by atoms with Crippen LogP contribution in [0.15, 0.2) is 29.6 Å². The van der Waals surface area contributed by atoms with Crippen LogP contribution < -0.4 is 0 Å². The summed E-state index contributed by atoms with van der Waals surface area (Å²) in [7, 11) is 0. The Morgan fingerprint density at radius 3 is 2.77 bits per heavy atom. The van der Waals surface area contributed by atoms with Gasteiger partial charge >= 0.3 is 0 Å². The maximum Gasteiger partial charge on any atom is 0.129 e. The van der Waals surface area contributed by atoms with Gasteiger partial charge in [-0.3, -0.25) is 0 Å². The molecule has 2 rings (SSSR count). The average molecular weight is 210 g/mol. The lowest BCUT2D eigenvalue weighted by Gasteiger charge is -1.98. The second-order valence-electron chi connectivity index (χ2n) is 2.78. The summed E-state index contributed by atoms with van der Waals surface area (Å²) in [4.78, 5) is 5.45. The van der Waals surface area contributed by atoms with E-state index in [1.165, 1.54) is 10.4 Å². The van der Waals surface area contributed by atoms with Crippen LogP contribution in [0.5, 0.6) is 0 Å². The molecule has 1 nitrogen and oxygen atoms in total. The zero-order valence-corrected chi connectivity index (χ0v) is 8.69. The van der Waals surface area contributed by atoms with Gasteiger partial charge in [0.1, 0.15) is 5.15 Å². The number of pyridine rings is 1. The highest BCUT2D eigenvalue weighted by atomic mass is 35.5. The molecule has 13 heavy (non-hydrogen) atoms. The Hall–Kier alpha value is -0.860. The van der Waals surface area contributed by atoms with E-state index in [4.69, 9.17) is 11.6 Å². The molecule has 0 fully saturated rings. The number of nitrogens with zero attached hydrogens (tertiary/aromatic N) is 1. The number of hydrogen-bond acceptors (Lipinski definition) is 2. The molecule has 2 heterocycles. The van der Waals surface area contributed by atoms with Gasteiger partial charge in [0.15, 0.2) is 0 Å². The van der Waals surface area contributed by atoms with E-state index < -0.39 is 0 Å². The van der Waals surface area contributed by atoms with Crippen molar-refractivity contribution in [2.45, 2.75) is 6.92 Å². The van der Waals surface area contributed by atoms with Gasteiger partial charge in [0, 0.05) is 0 Å². The Morgan fingerprint density at radius 2 is 2.15 bits per heavy atom. The number of aromatic nitrogens is 1. The van der Waals surface area contributed by atoms with Crippen LogP contribution in [0, 0.1) is 6.92 Å². The van der Waals surface area contributed by atoms with Crippen molar-refractivity contribution in [2.24, 2.45) is 0 Å². The molecular formula is C10H8ClNS. The SMILES string of the molecule is Cc1ccsc1-c1cccc(Cl)n1. The van der Waals surface area contributed by atoms with E-state index in [0.29, 0.717) is 5.15 Å². The van der Waals surface area contributed by atoms with Crippen molar-refractivity contribution >= 4 is 22.9 Å². The number of halogens is 1. The molecule has 2 aromatic rings. The third-order valence-electron chi connectivity index (χ3n) is 1.81. The predicted octanol–water partition coefficient (Wildman–Crippen LogP) is 3.77. The number of hydrogen-bond donors (Lipinski definition) is 0. The highest BCUT2D eigenvalue weighted by Crippen LogP contribution is 2.27. The Balaban J connectivity index is 2.53. The van der Waals surface area contributed by atoms with Crippen molar-refractivity contribution in [3.63, 3.8) is 0 Å². The number of aryl methyl sites for hydroxylation is 1. The van der Waals surface area contributed by atoms with Crippen LogP contribution in [-0.4, -0.2) is 4.98 Å². The summed E-state index contributed by atoms with van der Waals surface area (Å²) in [5.41, 5.74) is 2.21. The standard InChI is InChI=1S/C10H8ClNS/c1-7-5-6-13-10(7)8-3-2-4-9(11)12-8/h2-6H,1H3. The zero-order valence-electron chi connectivity index (χ0n) is 7.12. The molecule has 0 aliphatic carbocycles. The van der Waals surface area contributed by atoms with Crippen LogP contribution in [0.4, 0.5) is 0 Å². The molecular weight excluding hydrogens is 202 g/mol. The number of thiophene rings is 1. The summed E-state index contributed by atoms with van der Waals surface area (Å²) in [6, 6.07) is 7.77. The van der Waals surface area contributed by atoms with Gasteiger partial charge in [-0.15, -0.1) is 11.3 Å². The van der Waals surface area contributed by atoms with Crippen molar-refractivity contribution < 1.29 is 0 Å². The van der Waals surface area contributed by atoms with Crippen LogP contribution in [0.25, 0.3) is 10.6 Å². The third-order valence-corrected chi connectivity index (χ3v) is 3.06. The van der Waals surface area contributed by atoms with E-state index in [2.05, 4.69) is 23.4 Å². The van der Waals surface area contributed by atoms with Crippen molar-refractivity contribution in [1.82, 2.24) is 4.98 Å². The summed E-state index contributed by atoms with van der Waals surface area (Å²) < 4.78 is 0. The third kappa shape index (κ3) is 1.74. The molecule has 66 valence electrons. The molecule has 0 amide bonds. The van der Waals surface area contributed by atoms with Crippen LogP contribution in [-0.2, 0) is 0 Å². The molecule has 2 aromatic heterocycles. The maximum absolute atomic E-state index is 5.81. The summed E-state index contributed by atoms with van der Waals surface area (Å²) in [6.07, 6.45) is 0. The zero-order chi connectivity index (χ0) is 9.26. The van der Waals surface area contributed by atoms with Gasteiger partial charge in [0.25, 0.3) is 0 Å². The second-order valence-corrected chi connectivity index (χ2v) is 4.08. The summed E-state index contributed by atoms with van der Waals surface area (Å²) in [5, 5.41) is 2.61. The Bertz CT molecular complexity index is 422. The second kappa shape index (κ2) is 3.48. The predicted molar refractivity (Wildman–Crippen MR) is 57.3 cm³/mol. The maximum atomic E-state index is 5.81. The van der Waals surface area contributed by atoms with Crippen molar-refractivity contribution in [1.29, 1.82) is 0 Å². The molecule has 0 bridgehead atoms. The topological polar surface area (TPSA) is 12.9 Å². The van der Waals surface area contributed by atoms with Crippen molar-refractivity contribution in [2.75, 3.05) is 0 Å². The van der Waals surface area contributed by atoms with E-state index >= 15 is 0 Å². The minimum atomic E-state index is 0.547. The lowest BCUT2D eigenvalue weighted by molar-refractivity contribution is 1.33. The minimum Gasteiger partial charge on any atom is -0.235 e. The van der Waals surface area contributed by atoms with Crippen LogP contribution in [0.1, 0.15) is 5.56 Å². The first kappa shape index (κ1) is 8.73. The fourth-order valence-corrected chi connectivity index (χ4v) is 2.23. The molecule has 0 saturated carbocycles. The summed E-state index contributed by atoms with van der Waals surface area (Å²) >= 11 is 7.50. The van der Waals surface area contributed by atoms with Gasteiger partial charge in [-0.05, 0) is 36.1 Å². The molecule has 0 aliphatic rings. The Labute approximate surface area is 86.0 Å². The quantitative estimate of drug-likeness (QED) is 0.652. The molecule has 0 saturated heterocycles. The van der Waals surface area contributed by atoms with Gasteiger partial charge < -0.3 is 0 Å². The molecule has 0 radical (unpaired) electrons. The Morgan fingerprint density at radius 1 is 1.31 bits per heavy atom. The highest BCUT2D eigenvalue weighted by molar-refractivity contribution is 7.13. The molecule has 3 heteroatoms. The molecule has 0 atom stereocenters. The van der Waals surface area contributed by atoms with E-state index in [1.807, 2.05) is 12.1 Å². The van der Waals surface area contributed by atoms with E-state index in [-0.39, 0.29) is 0 Å². The fourth-order valence-electron chi connectivity index (χ4n) is 1.17. The number of rotatable bonds is 1. The van der Waals surface area contributed by atoms with Crippen molar-refractivity contribution in [3.05, 3.63) is 40.4 Å². The molecule has 0 aliphatic heterocycles. The molecule has 0 spiro atoms. The van der Waals surface area contributed by atoms with E-state index in [9.17, 15) is 0 Å². The Kier molecular flexibility index (Phi) is 2.34. The van der Waals surface area contributed by atoms with E-state index in [1.54, 1.807) is 17.4 Å². The fraction of sp³-hybridized carbons (Fsp3) is 0.100. The molecule has 0 aromatic carbocycles. The molecule has 0 unspecified atom stereocenters. The van der Waals surface area contributed by atoms with Crippen LogP contribution >= 0.6 is 22.9 Å². The average Bonchev–Trinajstić information content (AvgIpc) is 2.51.